The fourth-order valence-electron chi connectivity index (χ4n) is 1.22. The van der Waals surface area contributed by atoms with Gasteiger partial charge in [-0.3, -0.25) is 14.6 Å². The summed E-state index contributed by atoms with van der Waals surface area (Å²) in [7, 11) is 0. The molecule has 0 aromatic carbocycles. The number of aliphatic carboxylic acids is 1. The number of hydrogen-bond acceptors (Lipinski definition) is 3. The highest BCUT2D eigenvalue weighted by Gasteiger charge is 2.15. The van der Waals surface area contributed by atoms with Crippen molar-refractivity contribution in [2.24, 2.45) is 0 Å². The minimum absolute atomic E-state index is 0.0247. The third-order valence-electron chi connectivity index (χ3n) is 2.26. The maximum atomic E-state index is 11.5. The van der Waals surface area contributed by atoms with Gasteiger partial charge >= 0.3 is 5.97 Å². The summed E-state index contributed by atoms with van der Waals surface area (Å²) in [6.07, 6.45) is 1.63. The first kappa shape index (κ1) is 13.2. The highest BCUT2D eigenvalue weighted by atomic mass is 16.4. The van der Waals surface area contributed by atoms with Crippen LogP contribution in [0.2, 0.25) is 0 Å². The topological polar surface area (TPSA) is 79.3 Å². The van der Waals surface area contributed by atoms with Gasteiger partial charge in [-0.1, -0.05) is 26.8 Å². The van der Waals surface area contributed by atoms with Gasteiger partial charge in [0, 0.05) is 6.20 Å². The lowest BCUT2D eigenvalue weighted by Crippen LogP contribution is -2.30. The molecular formula is C12H16N2O3. The number of pyridine rings is 1. The Morgan fingerprint density at radius 3 is 2.41 bits per heavy atom. The van der Waals surface area contributed by atoms with Gasteiger partial charge < -0.3 is 10.4 Å². The summed E-state index contributed by atoms with van der Waals surface area (Å²) in [5, 5.41) is 10.7. The Morgan fingerprint density at radius 1 is 1.35 bits per heavy atom. The van der Waals surface area contributed by atoms with E-state index in [1.54, 1.807) is 12.3 Å². The van der Waals surface area contributed by atoms with Crippen molar-refractivity contribution < 1.29 is 14.7 Å². The Bertz CT molecular complexity index is 418. The van der Waals surface area contributed by atoms with E-state index in [1.165, 1.54) is 0 Å². The number of carbonyl (C=O) groups excluding carboxylic acids is 1. The van der Waals surface area contributed by atoms with Crippen LogP contribution >= 0.6 is 0 Å². The Hall–Kier alpha value is -1.91. The van der Waals surface area contributed by atoms with Crippen LogP contribution in [0.1, 0.15) is 36.8 Å². The highest BCUT2D eigenvalue weighted by molar-refractivity contribution is 5.93. The third-order valence-corrected chi connectivity index (χ3v) is 2.26. The van der Waals surface area contributed by atoms with Crippen LogP contribution in [0.15, 0.2) is 18.3 Å². The van der Waals surface area contributed by atoms with E-state index < -0.39 is 18.4 Å². The summed E-state index contributed by atoms with van der Waals surface area (Å²) in [5.74, 6) is -1.56. The van der Waals surface area contributed by atoms with Gasteiger partial charge in [-0.15, -0.1) is 0 Å². The summed E-state index contributed by atoms with van der Waals surface area (Å²) < 4.78 is 0. The van der Waals surface area contributed by atoms with Crippen molar-refractivity contribution in [3.63, 3.8) is 0 Å². The lowest BCUT2D eigenvalue weighted by Gasteiger charge is -2.18. The number of carboxylic acid groups (broad SMARTS) is 1. The Kier molecular flexibility index (Phi) is 3.83. The summed E-state index contributed by atoms with van der Waals surface area (Å²) in [6, 6.07) is 3.42. The van der Waals surface area contributed by atoms with Crippen LogP contribution in [0.3, 0.4) is 0 Å². The molecule has 0 fully saturated rings. The number of nitrogens with zero attached hydrogens (tertiary/aromatic N) is 1. The molecule has 0 aliphatic rings. The number of hydrogen-bond donors (Lipinski definition) is 2. The molecule has 0 saturated carbocycles. The van der Waals surface area contributed by atoms with Crippen LogP contribution in [0, 0.1) is 0 Å². The van der Waals surface area contributed by atoms with Gasteiger partial charge in [0.05, 0.1) is 0 Å². The van der Waals surface area contributed by atoms with E-state index in [2.05, 4.69) is 10.3 Å². The zero-order valence-corrected chi connectivity index (χ0v) is 10.2. The molecule has 1 aromatic heterocycles. The normalized spacial score (nSPS) is 11.0. The van der Waals surface area contributed by atoms with E-state index in [-0.39, 0.29) is 11.1 Å². The molecule has 5 nitrogen and oxygen atoms in total. The highest BCUT2D eigenvalue weighted by Crippen LogP contribution is 2.20. The number of amides is 1. The molecule has 0 radical (unpaired) electrons. The monoisotopic (exact) mass is 236 g/mol. The first-order valence-electron chi connectivity index (χ1n) is 5.27. The van der Waals surface area contributed by atoms with Crippen LogP contribution in [0.25, 0.3) is 0 Å². The lowest BCUT2D eigenvalue weighted by molar-refractivity contribution is -0.135. The molecule has 0 aliphatic carbocycles. The second-order valence-electron chi connectivity index (χ2n) is 4.76. The van der Waals surface area contributed by atoms with Crippen molar-refractivity contribution in [2.75, 3.05) is 6.54 Å². The van der Waals surface area contributed by atoms with Crippen LogP contribution in [0.4, 0.5) is 0 Å². The van der Waals surface area contributed by atoms with Crippen molar-refractivity contribution >= 4 is 11.9 Å². The predicted octanol–water partition coefficient (Wildman–Crippen LogP) is 1.19. The summed E-state index contributed by atoms with van der Waals surface area (Å²) in [4.78, 5) is 25.8. The van der Waals surface area contributed by atoms with Crippen LogP contribution < -0.4 is 5.32 Å². The smallest absolute Gasteiger partial charge is 0.322 e. The van der Waals surface area contributed by atoms with E-state index in [0.717, 1.165) is 5.56 Å². The molecule has 0 bridgehead atoms. The SMILES string of the molecule is CC(C)(C)c1ccc(C(=O)NCC(=O)O)nc1. The summed E-state index contributed by atoms with van der Waals surface area (Å²) in [6.45, 7) is 5.75. The number of rotatable bonds is 3. The molecule has 5 heteroatoms. The minimum atomic E-state index is -1.08. The zero-order chi connectivity index (χ0) is 13.1. The lowest BCUT2D eigenvalue weighted by atomic mass is 9.88. The Labute approximate surface area is 99.9 Å². The standard InChI is InChI=1S/C12H16N2O3/c1-12(2,3)8-4-5-9(13-6-8)11(17)14-7-10(15)16/h4-6H,7H2,1-3H3,(H,14,17)(H,15,16). The van der Waals surface area contributed by atoms with Gasteiger partial charge in [0.1, 0.15) is 12.2 Å². The summed E-state index contributed by atoms with van der Waals surface area (Å²) >= 11 is 0. The molecule has 1 rings (SSSR count). The molecule has 1 aromatic rings. The molecule has 2 N–H and O–H groups in total. The number of carboxylic acids is 1. The van der Waals surface area contributed by atoms with E-state index in [4.69, 9.17) is 5.11 Å². The van der Waals surface area contributed by atoms with Crippen LogP contribution in [0.5, 0.6) is 0 Å². The number of carbonyl (C=O) groups is 2. The molecule has 0 atom stereocenters. The van der Waals surface area contributed by atoms with E-state index in [0.29, 0.717) is 0 Å². The van der Waals surface area contributed by atoms with Crippen molar-refractivity contribution in [2.45, 2.75) is 26.2 Å². The van der Waals surface area contributed by atoms with Crippen molar-refractivity contribution in [3.8, 4) is 0 Å². The molecule has 0 unspecified atom stereocenters. The first-order chi connectivity index (χ1) is 7.80. The van der Waals surface area contributed by atoms with Gasteiger partial charge in [0.2, 0.25) is 0 Å². The van der Waals surface area contributed by atoms with Crippen molar-refractivity contribution in [1.29, 1.82) is 0 Å². The molecule has 0 aliphatic heterocycles. The van der Waals surface area contributed by atoms with Crippen molar-refractivity contribution in [1.82, 2.24) is 10.3 Å². The number of nitrogens with one attached hydrogen (secondary N) is 1. The second-order valence-corrected chi connectivity index (χ2v) is 4.76. The predicted molar refractivity (Wildman–Crippen MR) is 62.9 cm³/mol. The second kappa shape index (κ2) is 4.95. The van der Waals surface area contributed by atoms with Gasteiger partial charge in [-0.25, -0.2) is 0 Å². The molecule has 0 spiro atoms. The largest absolute Gasteiger partial charge is 0.480 e. The van der Waals surface area contributed by atoms with Gasteiger partial charge in [0.25, 0.3) is 5.91 Å². The first-order valence-corrected chi connectivity index (χ1v) is 5.27. The minimum Gasteiger partial charge on any atom is -0.480 e. The van der Waals surface area contributed by atoms with Crippen molar-refractivity contribution in [3.05, 3.63) is 29.6 Å². The fraction of sp³-hybridized carbons (Fsp3) is 0.417. The van der Waals surface area contributed by atoms with Gasteiger partial charge in [-0.2, -0.15) is 0 Å². The molecular weight excluding hydrogens is 220 g/mol. The third kappa shape index (κ3) is 3.86. The molecule has 1 heterocycles. The van der Waals surface area contributed by atoms with Crippen LogP contribution in [-0.2, 0) is 10.2 Å². The molecule has 1 amide bonds. The molecule has 92 valence electrons. The maximum absolute atomic E-state index is 11.5. The molecule has 0 saturated heterocycles. The van der Waals surface area contributed by atoms with E-state index in [1.807, 2.05) is 26.8 Å². The quantitative estimate of drug-likeness (QED) is 0.826. The van der Waals surface area contributed by atoms with Gasteiger partial charge in [0.15, 0.2) is 0 Å². The molecule has 17 heavy (non-hydrogen) atoms. The zero-order valence-electron chi connectivity index (χ0n) is 10.2. The fourth-order valence-corrected chi connectivity index (χ4v) is 1.22. The number of aromatic nitrogens is 1. The van der Waals surface area contributed by atoms with E-state index >= 15 is 0 Å². The summed E-state index contributed by atoms with van der Waals surface area (Å²) in [5.41, 5.74) is 1.22. The van der Waals surface area contributed by atoms with E-state index in [9.17, 15) is 9.59 Å². The average molecular weight is 236 g/mol. The van der Waals surface area contributed by atoms with Crippen LogP contribution in [-0.4, -0.2) is 28.5 Å². The maximum Gasteiger partial charge on any atom is 0.322 e. The Balaban J connectivity index is 2.74. The Morgan fingerprint density at radius 2 is 2.00 bits per heavy atom. The van der Waals surface area contributed by atoms with Gasteiger partial charge in [-0.05, 0) is 17.0 Å². The average Bonchev–Trinajstić information content (AvgIpc) is 2.25.